The maximum atomic E-state index is 12.6. The Hall–Kier alpha value is -2.49. The molecule has 108 valence electrons. The minimum absolute atomic E-state index is 0.00865. The molecule has 0 bridgehead atoms. The lowest BCUT2D eigenvalue weighted by atomic mass is 10.00. The van der Waals surface area contributed by atoms with Gasteiger partial charge in [-0.15, -0.1) is 0 Å². The van der Waals surface area contributed by atoms with Crippen LogP contribution in [0.3, 0.4) is 0 Å². The number of hydrogen-bond donors (Lipinski definition) is 1. The lowest BCUT2D eigenvalue weighted by molar-refractivity contribution is 0.103. The molecule has 2 aromatic carbocycles. The first-order valence-electron chi connectivity index (χ1n) is 6.86. The van der Waals surface area contributed by atoms with Gasteiger partial charge in [0, 0.05) is 23.4 Å². The molecule has 4 heteroatoms. The molecule has 0 saturated heterocycles. The Morgan fingerprint density at radius 1 is 1.00 bits per heavy atom. The van der Waals surface area contributed by atoms with Crippen molar-refractivity contribution in [3.8, 4) is 11.5 Å². The van der Waals surface area contributed by atoms with E-state index in [2.05, 4.69) is 5.32 Å². The standard InChI is InChI=1S/C17H17NO3/c1-20-15-6-4-13(10-16(15)21-2)17(19)12-3-5-14-11(9-12)7-8-18-14/h3-6,9-10,18H,7-8H2,1-2H3. The Labute approximate surface area is 123 Å². The molecule has 3 rings (SSSR count). The van der Waals surface area contributed by atoms with Crippen molar-refractivity contribution in [2.75, 3.05) is 26.1 Å². The van der Waals surface area contributed by atoms with E-state index in [1.807, 2.05) is 18.2 Å². The van der Waals surface area contributed by atoms with Crippen molar-refractivity contribution in [3.63, 3.8) is 0 Å². The summed E-state index contributed by atoms with van der Waals surface area (Å²) < 4.78 is 10.4. The van der Waals surface area contributed by atoms with Gasteiger partial charge in [0.2, 0.25) is 0 Å². The summed E-state index contributed by atoms with van der Waals surface area (Å²) in [5.74, 6) is 1.17. The van der Waals surface area contributed by atoms with Crippen LogP contribution in [0, 0.1) is 0 Å². The van der Waals surface area contributed by atoms with E-state index in [-0.39, 0.29) is 5.78 Å². The minimum Gasteiger partial charge on any atom is -0.493 e. The van der Waals surface area contributed by atoms with Crippen molar-refractivity contribution < 1.29 is 14.3 Å². The van der Waals surface area contributed by atoms with Gasteiger partial charge in [-0.1, -0.05) is 0 Å². The number of fused-ring (bicyclic) bond motifs is 1. The smallest absolute Gasteiger partial charge is 0.193 e. The van der Waals surface area contributed by atoms with Crippen LogP contribution in [0.25, 0.3) is 0 Å². The second kappa shape index (κ2) is 5.48. The van der Waals surface area contributed by atoms with Gasteiger partial charge in [0.25, 0.3) is 0 Å². The molecule has 1 N–H and O–H groups in total. The van der Waals surface area contributed by atoms with Crippen LogP contribution in [0.4, 0.5) is 5.69 Å². The number of carbonyl (C=O) groups excluding carboxylic acids is 1. The van der Waals surface area contributed by atoms with Gasteiger partial charge < -0.3 is 14.8 Å². The van der Waals surface area contributed by atoms with Crippen molar-refractivity contribution >= 4 is 11.5 Å². The Morgan fingerprint density at radius 3 is 2.48 bits per heavy atom. The van der Waals surface area contributed by atoms with Crippen LogP contribution in [0.2, 0.25) is 0 Å². The van der Waals surface area contributed by atoms with E-state index in [0.717, 1.165) is 18.7 Å². The van der Waals surface area contributed by atoms with Gasteiger partial charge >= 0.3 is 0 Å². The molecule has 1 heterocycles. The lowest BCUT2D eigenvalue weighted by Crippen LogP contribution is -2.03. The summed E-state index contributed by atoms with van der Waals surface area (Å²) >= 11 is 0. The zero-order chi connectivity index (χ0) is 14.8. The molecule has 0 atom stereocenters. The van der Waals surface area contributed by atoms with Crippen LogP contribution in [0.5, 0.6) is 11.5 Å². The van der Waals surface area contributed by atoms with Crippen LogP contribution in [-0.2, 0) is 6.42 Å². The molecular weight excluding hydrogens is 266 g/mol. The van der Waals surface area contributed by atoms with E-state index in [0.29, 0.717) is 22.6 Å². The molecule has 1 aliphatic rings. The average Bonchev–Trinajstić information content (AvgIpc) is 3.00. The Bertz CT molecular complexity index is 694. The molecular formula is C17H17NO3. The SMILES string of the molecule is COc1ccc(C(=O)c2ccc3c(c2)CCN3)cc1OC. The molecule has 0 aromatic heterocycles. The third-order valence-electron chi connectivity index (χ3n) is 3.72. The fraction of sp³-hybridized carbons (Fsp3) is 0.235. The zero-order valence-electron chi connectivity index (χ0n) is 12.1. The highest BCUT2D eigenvalue weighted by Crippen LogP contribution is 2.29. The van der Waals surface area contributed by atoms with Gasteiger partial charge in [0.05, 0.1) is 14.2 Å². The number of benzene rings is 2. The Kier molecular flexibility index (Phi) is 3.52. The van der Waals surface area contributed by atoms with E-state index in [9.17, 15) is 4.79 Å². The molecule has 0 fully saturated rings. The maximum Gasteiger partial charge on any atom is 0.193 e. The highest BCUT2D eigenvalue weighted by atomic mass is 16.5. The molecule has 21 heavy (non-hydrogen) atoms. The molecule has 0 unspecified atom stereocenters. The first-order valence-corrected chi connectivity index (χ1v) is 6.86. The van der Waals surface area contributed by atoms with Crippen LogP contribution in [-0.4, -0.2) is 26.5 Å². The summed E-state index contributed by atoms with van der Waals surface area (Å²) in [6, 6.07) is 11.0. The highest BCUT2D eigenvalue weighted by Gasteiger charge is 2.16. The topological polar surface area (TPSA) is 47.6 Å². The van der Waals surface area contributed by atoms with Crippen LogP contribution >= 0.6 is 0 Å². The van der Waals surface area contributed by atoms with E-state index in [1.165, 1.54) is 5.56 Å². The summed E-state index contributed by atoms with van der Waals surface area (Å²) in [6.45, 7) is 0.934. The quantitative estimate of drug-likeness (QED) is 0.876. The summed E-state index contributed by atoms with van der Waals surface area (Å²) in [5, 5.41) is 3.29. The van der Waals surface area contributed by atoms with Crippen molar-refractivity contribution in [2.45, 2.75) is 6.42 Å². The van der Waals surface area contributed by atoms with Gasteiger partial charge in [-0.2, -0.15) is 0 Å². The average molecular weight is 283 g/mol. The minimum atomic E-state index is -0.00865. The first kappa shape index (κ1) is 13.5. The van der Waals surface area contributed by atoms with E-state index in [4.69, 9.17) is 9.47 Å². The third kappa shape index (κ3) is 2.44. The van der Waals surface area contributed by atoms with Crippen LogP contribution in [0.1, 0.15) is 21.5 Å². The maximum absolute atomic E-state index is 12.6. The molecule has 0 radical (unpaired) electrons. The number of nitrogens with one attached hydrogen (secondary N) is 1. The van der Waals surface area contributed by atoms with Crippen molar-refractivity contribution in [2.24, 2.45) is 0 Å². The molecule has 0 saturated carbocycles. The second-order valence-electron chi connectivity index (χ2n) is 4.95. The van der Waals surface area contributed by atoms with E-state index in [1.54, 1.807) is 32.4 Å². The zero-order valence-corrected chi connectivity index (χ0v) is 12.1. The predicted octanol–water partition coefficient (Wildman–Crippen LogP) is 2.90. The third-order valence-corrected chi connectivity index (χ3v) is 3.72. The molecule has 0 amide bonds. The molecule has 0 spiro atoms. The van der Waals surface area contributed by atoms with Gasteiger partial charge in [0.15, 0.2) is 17.3 Å². The highest BCUT2D eigenvalue weighted by molar-refractivity contribution is 6.09. The number of ether oxygens (including phenoxy) is 2. The molecule has 4 nitrogen and oxygen atoms in total. The number of ketones is 1. The van der Waals surface area contributed by atoms with Gasteiger partial charge in [0.1, 0.15) is 0 Å². The Balaban J connectivity index is 1.95. The molecule has 0 aliphatic carbocycles. The number of methoxy groups -OCH3 is 2. The largest absolute Gasteiger partial charge is 0.493 e. The van der Waals surface area contributed by atoms with Crippen molar-refractivity contribution in [1.82, 2.24) is 0 Å². The van der Waals surface area contributed by atoms with Gasteiger partial charge in [-0.05, 0) is 48.4 Å². The fourth-order valence-electron chi connectivity index (χ4n) is 2.59. The molecule has 1 aliphatic heterocycles. The van der Waals surface area contributed by atoms with Crippen molar-refractivity contribution in [3.05, 3.63) is 53.1 Å². The van der Waals surface area contributed by atoms with Crippen LogP contribution in [0.15, 0.2) is 36.4 Å². The normalized spacial score (nSPS) is 12.5. The number of hydrogen-bond acceptors (Lipinski definition) is 4. The van der Waals surface area contributed by atoms with Crippen molar-refractivity contribution in [1.29, 1.82) is 0 Å². The van der Waals surface area contributed by atoms with Gasteiger partial charge in [-0.3, -0.25) is 4.79 Å². The fourth-order valence-corrected chi connectivity index (χ4v) is 2.59. The monoisotopic (exact) mass is 283 g/mol. The summed E-state index contributed by atoms with van der Waals surface area (Å²) in [5.41, 5.74) is 3.61. The van der Waals surface area contributed by atoms with E-state index >= 15 is 0 Å². The Morgan fingerprint density at radius 2 is 1.71 bits per heavy atom. The molecule has 2 aromatic rings. The summed E-state index contributed by atoms with van der Waals surface area (Å²) in [6.07, 6.45) is 0.961. The summed E-state index contributed by atoms with van der Waals surface area (Å²) in [4.78, 5) is 12.6. The number of carbonyl (C=O) groups is 1. The first-order chi connectivity index (χ1) is 10.2. The lowest BCUT2D eigenvalue weighted by Gasteiger charge is -2.09. The van der Waals surface area contributed by atoms with Crippen LogP contribution < -0.4 is 14.8 Å². The van der Waals surface area contributed by atoms with E-state index < -0.39 is 0 Å². The number of anilines is 1. The second-order valence-corrected chi connectivity index (χ2v) is 4.95. The predicted molar refractivity (Wildman–Crippen MR) is 81.6 cm³/mol. The summed E-state index contributed by atoms with van der Waals surface area (Å²) in [7, 11) is 3.14. The van der Waals surface area contributed by atoms with Gasteiger partial charge in [-0.25, -0.2) is 0 Å². The number of rotatable bonds is 4.